The van der Waals surface area contributed by atoms with E-state index in [4.69, 9.17) is 4.74 Å². The van der Waals surface area contributed by atoms with Crippen LogP contribution in [0.1, 0.15) is 13.8 Å². The summed E-state index contributed by atoms with van der Waals surface area (Å²) in [6, 6.07) is 0. The van der Waals surface area contributed by atoms with E-state index in [-0.39, 0.29) is 0 Å². The van der Waals surface area contributed by atoms with Crippen molar-refractivity contribution < 1.29 is 10.1 Å². The summed E-state index contributed by atoms with van der Waals surface area (Å²) in [7, 11) is 0. The fourth-order valence-corrected chi connectivity index (χ4v) is 0.577. The fraction of sp³-hybridized carbons (Fsp3) is 0.857. The van der Waals surface area contributed by atoms with Crippen LogP contribution in [-0.4, -0.2) is 32.6 Å². The molecule has 0 saturated heterocycles. The number of aliphatic imine (C=N–C) groups is 1. The second kappa shape index (κ2) is 8.59. The first kappa shape index (κ1) is 9.59. The minimum Gasteiger partial charge on any atom is -0.382 e. The van der Waals surface area contributed by atoms with Crippen molar-refractivity contribution in [1.29, 1.82) is 0 Å². The monoisotopic (exact) mass is 145 g/mol. The van der Waals surface area contributed by atoms with Crippen LogP contribution in [0.5, 0.6) is 0 Å². The van der Waals surface area contributed by atoms with Gasteiger partial charge in [-0.3, -0.25) is 0 Å². The standard InChI is InChI=1S/C4H10O.C3H6N2/c1-3-5-4-2;1-2-5-3-4-1/h3-4H2,1-2H3;3H,1-2H2,(H,4,5)/p+1. The molecule has 10 heavy (non-hydrogen) atoms. The molecule has 0 aromatic carbocycles. The Morgan fingerprint density at radius 2 is 2.20 bits per heavy atom. The van der Waals surface area contributed by atoms with Gasteiger partial charge in [0.15, 0.2) is 6.34 Å². The first-order chi connectivity index (χ1) is 4.91. The van der Waals surface area contributed by atoms with E-state index < -0.39 is 0 Å². The average molecular weight is 145 g/mol. The van der Waals surface area contributed by atoms with Crippen LogP contribution in [0.4, 0.5) is 0 Å². The lowest BCUT2D eigenvalue weighted by Crippen LogP contribution is -2.80. The van der Waals surface area contributed by atoms with Crippen LogP contribution in [0.25, 0.3) is 0 Å². The topological polar surface area (TPSA) is 38.2 Å². The molecule has 0 aromatic rings. The molecule has 0 spiro atoms. The van der Waals surface area contributed by atoms with Gasteiger partial charge in [-0.15, -0.1) is 0 Å². The van der Waals surface area contributed by atoms with Gasteiger partial charge in [0.05, 0.1) is 6.54 Å². The van der Waals surface area contributed by atoms with E-state index in [1.54, 1.807) is 0 Å². The lowest BCUT2D eigenvalue weighted by molar-refractivity contribution is -0.518. The molecule has 2 N–H and O–H groups in total. The van der Waals surface area contributed by atoms with Gasteiger partial charge in [-0.1, -0.05) is 0 Å². The Morgan fingerprint density at radius 1 is 1.50 bits per heavy atom. The predicted octanol–water partition coefficient (Wildman–Crippen LogP) is -0.365. The number of hydrogen-bond acceptors (Lipinski definition) is 2. The number of ether oxygens (including phenoxy) is 1. The lowest BCUT2D eigenvalue weighted by atomic mass is 10.7. The molecule has 0 aromatic heterocycles. The summed E-state index contributed by atoms with van der Waals surface area (Å²) in [5.41, 5.74) is 0. The van der Waals surface area contributed by atoms with E-state index in [0.717, 1.165) is 26.3 Å². The molecule has 1 heterocycles. The highest BCUT2D eigenvalue weighted by molar-refractivity contribution is 5.42. The molecule has 1 rings (SSSR count). The number of quaternary nitrogens is 1. The van der Waals surface area contributed by atoms with Crippen LogP contribution < -0.4 is 5.32 Å². The minimum atomic E-state index is 0.844. The SMILES string of the molecule is C1=NCC[NH2+]1.CCOCC. The summed E-state index contributed by atoms with van der Waals surface area (Å²) >= 11 is 0. The van der Waals surface area contributed by atoms with Gasteiger partial charge in [0.1, 0.15) is 6.54 Å². The zero-order valence-corrected chi connectivity index (χ0v) is 6.84. The second-order valence-corrected chi connectivity index (χ2v) is 1.86. The Hall–Kier alpha value is -0.410. The summed E-state index contributed by atoms with van der Waals surface area (Å²) in [6.07, 6.45) is 1.86. The summed E-state index contributed by atoms with van der Waals surface area (Å²) in [4.78, 5) is 3.90. The normalized spacial score (nSPS) is 14.6. The molecule has 0 aliphatic carbocycles. The van der Waals surface area contributed by atoms with Gasteiger partial charge in [0, 0.05) is 13.2 Å². The van der Waals surface area contributed by atoms with E-state index in [0.29, 0.717) is 0 Å². The fourth-order valence-electron chi connectivity index (χ4n) is 0.577. The van der Waals surface area contributed by atoms with Crippen molar-refractivity contribution in [2.24, 2.45) is 4.99 Å². The number of nitrogens with zero attached hydrogens (tertiary/aromatic N) is 1. The maximum absolute atomic E-state index is 4.83. The minimum absolute atomic E-state index is 0.844. The Bertz CT molecular complexity index is 75.7. The zero-order chi connectivity index (χ0) is 7.66. The third-order valence-corrected chi connectivity index (χ3v) is 1.04. The molecule has 0 amide bonds. The largest absolute Gasteiger partial charge is 0.382 e. The quantitative estimate of drug-likeness (QED) is 0.566. The average Bonchev–Trinajstić information content (AvgIpc) is 2.44. The van der Waals surface area contributed by atoms with Gasteiger partial charge in [-0.05, 0) is 13.8 Å². The Labute approximate surface area is 62.5 Å². The van der Waals surface area contributed by atoms with Crippen molar-refractivity contribution in [3.8, 4) is 0 Å². The highest BCUT2D eigenvalue weighted by Crippen LogP contribution is 1.64. The lowest BCUT2D eigenvalue weighted by Gasteiger charge is -1.86. The molecule has 1 aliphatic heterocycles. The van der Waals surface area contributed by atoms with Crippen molar-refractivity contribution >= 4 is 6.34 Å². The van der Waals surface area contributed by atoms with Crippen molar-refractivity contribution in [1.82, 2.24) is 0 Å². The number of hydrogen-bond donors (Lipinski definition) is 1. The molecule has 1 aliphatic rings. The van der Waals surface area contributed by atoms with Crippen LogP contribution in [0.15, 0.2) is 4.99 Å². The van der Waals surface area contributed by atoms with Gasteiger partial charge < -0.3 is 10.1 Å². The predicted molar refractivity (Wildman–Crippen MR) is 42.3 cm³/mol. The van der Waals surface area contributed by atoms with Crippen molar-refractivity contribution in [2.75, 3.05) is 26.3 Å². The summed E-state index contributed by atoms with van der Waals surface area (Å²) in [5.74, 6) is 0. The van der Waals surface area contributed by atoms with Crippen LogP contribution >= 0.6 is 0 Å². The summed E-state index contributed by atoms with van der Waals surface area (Å²) in [6.45, 7) is 7.83. The molecular weight excluding hydrogens is 128 g/mol. The molecule has 0 unspecified atom stereocenters. The van der Waals surface area contributed by atoms with E-state index in [1.807, 2.05) is 20.2 Å². The maximum atomic E-state index is 4.83. The highest BCUT2D eigenvalue weighted by atomic mass is 16.5. The molecule has 3 nitrogen and oxygen atoms in total. The van der Waals surface area contributed by atoms with Crippen LogP contribution in [0.2, 0.25) is 0 Å². The first-order valence-corrected chi connectivity index (χ1v) is 3.81. The van der Waals surface area contributed by atoms with Crippen molar-refractivity contribution in [3.05, 3.63) is 0 Å². The molecule has 0 fully saturated rings. The molecular formula is C7H17N2O+. The van der Waals surface area contributed by atoms with Gasteiger partial charge in [0.25, 0.3) is 0 Å². The first-order valence-electron chi connectivity index (χ1n) is 3.81. The Morgan fingerprint density at radius 3 is 2.30 bits per heavy atom. The van der Waals surface area contributed by atoms with Gasteiger partial charge in [-0.25, -0.2) is 4.99 Å². The second-order valence-electron chi connectivity index (χ2n) is 1.86. The van der Waals surface area contributed by atoms with E-state index >= 15 is 0 Å². The van der Waals surface area contributed by atoms with E-state index in [2.05, 4.69) is 10.3 Å². The molecule has 0 atom stereocenters. The highest BCUT2D eigenvalue weighted by Gasteiger charge is 1.88. The maximum Gasteiger partial charge on any atom is 0.182 e. The molecule has 3 heteroatoms. The van der Waals surface area contributed by atoms with E-state index in [9.17, 15) is 0 Å². The van der Waals surface area contributed by atoms with Crippen LogP contribution in [0.3, 0.4) is 0 Å². The molecule has 0 saturated carbocycles. The molecule has 60 valence electrons. The third-order valence-electron chi connectivity index (χ3n) is 1.04. The Kier molecular flexibility index (Phi) is 8.24. The molecule has 0 radical (unpaired) electrons. The van der Waals surface area contributed by atoms with Crippen LogP contribution in [-0.2, 0) is 4.74 Å². The smallest absolute Gasteiger partial charge is 0.182 e. The van der Waals surface area contributed by atoms with Crippen molar-refractivity contribution in [3.63, 3.8) is 0 Å². The number of rotatable bonds is 2. The van der Waals surface area contributed by atoms with E-state index in [1.165, 1.54) is 0 Å². The van der Waals surface area contributed by atoms with Crippen molar-refractivity contribution in [2.45, 2.75) is 13.8 Å². The van der Waals surface area contributed by atoms with Crippen LogP contribution in [0, 0.1) is 0 Å². The molecule has 0 bridgehead atoms. The third kappa shape index (κ3) is 7.59. The van der Waals surface area contributed by atoms with Gasteiger partial charge in [0.2, 0.25) is 0 Å². The zero-order valence-electron chi connectivity index (χ0n) is 6.84. The van der Waals surface area contributed by atoms with Gasteiger partial charge >= 0.3 is 0 Å². The summed E-state index contributed by atoms with van der Waals surface area (Å²) in [5, 5.41) is 2.07. The summed E-state index contributed by atoms with van der Waals surface area (Å²) < 4.78 is 4.83. The number of nitrogens with two attached hydrogens (primary N) is 1. The Balaban J connectivity index is 0.000000162. The van der Waals surface area contributed by atoms with Gasteiger partial charge in [-0.2, -0.15) is 0 Å².